The molecule has 0 aliphatic rings. The second kappa shape index (κ2) is 8.59. The van der Waals surface area contributed by atoms with Crippen LogP contribution in [0.25, 0.3) is 0 Å². The highest BCUT2D eigenvalue weighted by Gasteiger charge is 2.24. The molecule has 0 fully saturated rings. The number of ether oxygens (including phenoxy) is 1. The lowest BCUT2D eigenvalue weighted by atomic mass is 10.1. The molecule has 142 valence electrons. The molecule has 0 aliphatic carbocycles. The van der Waals surface area contributed by atoms with Gasteiger partial charge in [0.15, 0.2) is 6.10 Å². The fourth-order valence-corrected chi connectivity index (χ4v) is 2.86. The van der Waals surface area contributed by atoms with Crippen LogP contribution in [-0.2, 0) is 11.8 Å². The van der Waals surface area contributed by atoms with E-state index in [-0.39, 0.29) is 5.91 Å². The molecule has 6 nitrogen and oxygen atoms in total. The predicted octanol–water partition coefficient (Wildman–Crippen LogP) is 3.62. The van der Waals surface area contributed by atoms with Gasteiger partial charge in [-0.1, -0.05) is 23.7 Å². The Bertz CT molecular complexity index is 990. The third-order valence-corrected chi connectivity index (χ3v) is 4.52. The van der Waals surface area contributed by atoms with Crippen molar-refractivity contribution in [2.24, 2.45) is 7.05 Å². The normalized spacial score (nSPS) is 12.6. The minimum atomic E-state index is -0.733. The second-order valence-electron chi connectivity index (χ2n) is 6.29. The van der Waals surface area contributed by atoms with Crippen LogP contribution in [-0.4, -0.2) is 21.6 Å². The Balaban J connectivity index is 1.77. The number of imidazole rings is 1. The number of nitriles is 1. The fourth-order valence-electron chi connectivity index (χ4n) is 2.73. The van der Waals surface area contributed by atoms with Gasteiger partial charge in [-0.05, 0) is 48.9 Å². The van der Waals surface area contributed by atoms with Crippen LogP contribution >= 0.6 is 11.6 Å². The number of hydrogen-bond donors (Lipinski definition) is 1. The summed E-state index contributed by atoms with van der Waals surface area (Å²) in [5, 5.41) is 12.5. The average molecular weight is 395 g/mol. The van der Waals surface area contributed by atoms with Crippen molar-refractivity contribution in [3.05, 3.63) is 82.9 Å². The number of nitrogens with zero attached hydrogens (tertiary/aromatic N) is 3. The summed E-state index contributed by atoms with van der Waals surface area (Å²) in [7, 11) is 1.87. The zero-order valence-electron chi connectivity index (χ0n) is 15.5. The third kappa shape index (κ3) is 4.51. The van der Waals surface area contributed by atoms with Gasteiger partial charge in [0, 0.05) is 24.5 Å². The lowest BCUT2D eigenvalue weighted by Crippen LogP contribution is -2.39. The van der Waals surface area contributed by atoms with E-state index in [9.17, 15) is 4.79 Å². The maximum atomic E-state index is 12.8. The topological polar surface area (TPSA) is 79.9 Å². The van der Waals surface area contributed by atoms with Gasteiger partial charge in [-0.3, -0.25) is 4.79 Å². The maximum absolute atomic E-state index is 12.8. The van der Waals surface area contributed by atoms with Gasteiger partial charge >= 0.3 is 0 Å². The van der Waals surface area contributed by atoms with Crippen LogP contribution in [0, 0.1) is 11.3 Å². The van der Waals surface area contributed by atoms with Gasteiger partial charge in [0.2, 0.25) is 0 Å². The summed E-state index contributed by atoms with van der Waals surface area (Å²) in [5.41, 5.74) is 1.39. The quantitative estimate of drug-likeness (QED) is 0.692. The number of aryl methyl sites for hydroxylation is 1. The molecule has 1 heterocycles. The van der Waals surface area contributed by atoms with Crippen LogP contribution in [0.5, 0.6) is 5.75 Å². The molecule has 7 heteroatoms. The van der Waals surface area contributed by atoms with E-state index in [4.69, 9.17) is 21.6 Å². The summed E-state index contributed by atoms with van der Waals surface area (Å²) in [4.78, 5) is 17.2. The molecule has 0 unspecified atom stereocenters. The van der Waals surface area contributed by atoms with Crippen LogP contribution in [0.3, 0.4) is 0 Å². The summed E-state index contributed by atoms with van der Waals surface area (Å²) in [6.07, 6.45) is 2.77. The fraction of sp³-hybridized carbons (Fsp3) is 0.190. The first-order valence-corrected chi connectivity index (χ1v) is 9.05. The largest absolute Gasteiger partial charge is 0.481 e. The lowest BCUT2D eigenvalue weighted by Gasteiger charge is -2.22. The lowest BCUT2D eigenvalue weighted by molar-refractivity contribution is -0.127. The first kappa shape index (κ1) is 19.5. The van der Waals surface area contributed by atoms with E-state index in [1.54, 1.807) is 49.5 Å². The van der Waals surface area contributed by atoms with Gasteiger partial charge in [0.25, 0.3) is 5.91 Å². The number of rotatable bonds is 6. The van der Waals surface area contributed by atoms with E-state index in [0.29, 0.717) is 22.2 Å². The van der Waals surface area contributed by atoms with Crippen molar-refractivity contribution >= 4 is 17.5 Å². The number of nitrogens with one attached hydrogen (secondary N) is 1. The van der Waals surface area contributed by atoms with Gasteiger partial charge in [-0.15, -0.1) is 0 Å². The third-order valence-electron chi connectivity index (χ3n) is 4.27. The molecular formula is C21H19ClN4O2. The number of amides is 1. The number of carbonyl (C=O) groups is 1. The highest BCUT2D eigenvalue weighted by molar-refractivity contribution is 6.30. The Morgan fingerprint density at radius 2 is 1.89 bits per heavy atom. The van der Waals surface area contributed by atoms with Crippen molar-refractivity contribution in [1.29, 1.82) is 5.26 Å². The monoisotopic (exact) mass is 394 g/mol. The van der Waals surface area contributed by atoms with Crippen molar-refractivity contribution in [3.63, 3.8) is 0 Å². The zero-order valence-corrected chi connectivity index (χ0v) is 16.2. The summed E-state index contributed by atoms with van der Waals surface area (Å²) in [6, 6.07) is 15.5. The Morgan fingerprint density at radius 3 is 2.46 bits per heavy atom. The highest BCUT2D eigenvalue weighted by Crippen LogP contribution is 2.23. The minimum Gasteiger partial charge on any atom is -0.481 e. The summed E-state index contributed by atoms with van der Waals surface area (Å²) >= 11 is 5.99. The molecule has 2 aromatic carbocycles. The predicted molar refractivity (Wildman–Crippen MR) is 106 cm³/mol. The molecule has 28 heavy (non-hydrogen) atoms. The van der Waals surface area contributed by atoms with Crippen LogP contribution in [0.2, 0.25) is 5.02 Å². The summed E-state index contributed by atoms with van der Waals surface area (Å²) in [5.74, 6) is 0.926. The van der Waals surface area contributed by atoms with E-state index in [1.807, 2.05) is 36.0 Å². The van der Waals surface area contributed by atoms with Gasteiger partial charge in [-0.2, -0.15) is 5.26 Å². The Labute approximate surface area is 168 Å². The Kier molecular flexibility index (Phi) is 5.97. The smallest absolute Gasteiger partial charge is 0.261 e. The first-order valence-electron chi connectivity index (χ1n) is 8.68. The summed E-state index contributed by atoms with van der Waals surface area (Å²) in [6.45, 7) is 1.67. The van der Waals surface area contributed by atoms with E-state index < -0.39 is 12.1 Å². The van der Waals surface area contributed by atoms with Crippen molar-refractivity contribution in [2.75, 3.05) is 0 Å². The van der Waals surface area contributed by atoms with Crippen LogP contribution in [0.1, 0.15) is 29.9 Å². The molecular weight excluding hydrogens is 376 g/mol. The molecule has 1 N–H and O–H groups in total. The molecule has 3 aromatic rings. The van der Waals surface area contributed by atoms with Crippen molar-refractivity contribution < 1.29 is 9.53 Å². The molecule has 3 rings (SSSR count). The molecule has 1 amide bonds. The molecule has 0 saturated carbocycles. The van der Waals surface area contributed by atoms with Gasteiger partial charge < -0.3 is 14.6 Å². The maximum Gasteiger partial charge on any atom is 0.261 e. The summed E-state index contributed by atoms with van der Waals surface area (Å²) < 4.78 is 7.56. The molecule has 1 aromatic heterocycles. The van der Waals surface area contributed by atoms with Crippen molar-refractivity contribution in [1.82, 2.24) is 14.9 Å². The molecule has 0 radical (unpaired) electrons. The number of carbonyl (C=O) groups excluding carboxylic acids is 1. The van der Waals surface area contributed by atoms with Crippen molar-refractivity contribution in [2.45, 2.75) is 19.1 Å². The van der Waals surface area contributed by atoms with E-state index in [2.05, 4.69) is 10.3 Å². The molecule has 0 saturated heterocycles. The second-order valence-corrected chi connectivity index (χ2v) is 6.72. The molecule has 2 atom stereocenters. The average Bonchev–Trinajstić information content (AvgIpc) is 3.13. The van der Waals surface area contributed by atoms with Gasteiger partial charge in [-0.25, -0.2) is 4.98 Å². The SMILES string of the molecule is C[C@H](Oc1ccc(C#N)cc1)C(=O)N[C@H](c1ccc(Cl)cc1)c1nccn1C. The minimum absolute atomic E-state index is 0.285. The molecule has 0 aliphatic heterocycles. The number of hydrogen-bond acceptors (Lipinski definition) is 4. The first-order chi connectivity index (χ1) is 13.5. The number of benzene rings is 2. The zero-order chi connectivity index (χ0) is 20.1. The van der Waals surface area contributed by atoms with Crippen LogP contribution < -0.4 is 10.1 Å². The molecule has 0 spiro atoms. The number of halogens is 1. The van der Waals surface area contributed by atoms with E-state index in [0.717, 1.165) is 5.56 Å². The van der Waals surface area contributed by atoms with Crippen molar-refractivity contribution in [3.8, 4) is 11.8 Å². The Morgan fingerprint density at radius 1 is 1.21 bits per heavy atom. The highest BCUT2D eigenvalue weighted by atomic mass is 35.5. The van der Waals surface area contributed by atoms with E-state index >= 15 is 0 Å². The standard InChI is InChI=1S/C21H19ClN4O2/c1-14(28-18-9-3-15(13-23)4-10-18)21(27)25-19(20-24-11-12-26(20)2)16-5-7-17(22)8-6-16/h3-12,14,19H,1-2H3,(H,25,27)/t14-,19+/m0/s1. The van der Waals surface area contributed by atoms with Crippen LogP contribution in [0.4, 0.5) is 0 Å². The van der Waals surface area contributed by atoms with Gasteiger partial charge in [0.05, 0.1) is 11.6 Å². The van der Waals surface area contributed by atoms with Gasteiger partial charge in [0.1, 0.15) is 17.6 Å². The Hall–Kier alpha value is -3.30. The van der Waals surface area contributed by atoms with Crippen LogP contribution in [0.15, 0.2) is 60.9 Å². The van der Waals surface area contributed by atoms with E-state index in [1.165, 1.54) is 0 Å². The molecule has 0 bridgehead atoms. The number of aromatic nitrogens is 2.